The number of pyridine rings is 1. The van der Waals surface area contributed by atoms with Crippen molar-refractivity contribution in [3.05, 3.63) is 88.8 Å². The standard InChI is InChI=1S/C54H76N10O8/c1-7-26-64(27-8-2)53(70)41-29-39-20-21-40(30-45(39)61-46(55)31-41)50(67)60-43-28-38(32-57-33-43)19-24-48(66)72-34-37-17-22-42(23-18-37)59-51(68)44(15-13-25-58-54(56)71)62-52(69)49(36(5)6)63-47(65)16-12-10-9-11-14-35(3)4/h17-18,20-23,28-30,32-33,35-36,44,49H,7-16,19,24-27,31,34H2,1-6H3,(H2,55,61)(H,59,68)(H,60,67)(H,62,69)(H,63,65)(H3,56,58,71). The molecule has 1 aliphatic heterocycles. The van der Waals surface area contributed by atoms with Gasteiger partial charge in [-0.2, -0.15) is 0 Å². The summed E-state index contributed by atoms with van der Waals surface area (Å²) in [6, 6.07) is 10.9. The minimum Gasteiger partial charge on any atom is -0.461 e. The molecule has 4 rings (SSSR count). The maximum atomic E-state index is 13.6. The Morgan fingerprint density at radius 2 is 1.49 bits per heavy atom. The van der Waals surface area contributed by atoms with Crippen molar-refractivity contribution in [1.29, 1.82) is 0 Å². The molecule has 0 spiro atoms. The van der Waals surface area contributed by atoms with Gasteiger partial charge in [-0.25, -0.2) is 9.79 Å². The number of amidine groups is 1. The van der Waals surface area contributed by atoms with Gasteiger partial charge in [-0.3, -0.25) is 33.8 Å². The van der Waals surface area contributed by atoms with E-state index in [1.165, 1.54) is 6.20 Å². The Morgan fingerprint density at radius 1 is 0.764 bits per heavy atom. The number of anilines is 2. The number of benzene rings is 2. The van der Waals surface area contributed by atoms with Crippen molar-refractivity contribution in [3.63, 3.8) is 0 Å². The van der Waals surface area contributed by atoms with Crippen LogP contribution in [0.15, 0.2) is 71.5 Å². The fraction of sp³-hybridized carbons (Fsp3) is 0.500. The number of hydrogen-bond donors (Lipinski definition) is 7. The zero-order valence-corrected chi connectivity index (χ0v) is 42.9. The molecular formula is C54H76N10O8. The summed E-state index contributed by atoms with van der Waals surface area (Å²) in [5.74, 6) is -1.45. The molecular weight excluding hydrogens is 917 g/mol. The van der Waals surface area contributed by atoms with Gasteiger partial charge < -0.3 is 47.7 Å². The average Bonchev–Trinajstić information content (AvgIpc) is 3.51. The second kappa shape index (κ2) is 29.9. The van der Waals surface area contributed by atoms with Crippen molar-refractivity contribution in [2.24, 2.45) is 28.3 Å². The molecule has 3 aromatic rings. The van der Waals surface area contributed by atoms with Gasteiger partial charge in [0.05, 0.1) is 17.6 Å². The van der Waals surface area contributed by atoms with E-state index < -0.39 is 41.8 Å². The fourth-order valence-electron chi connectivity index (χ4n) is 8.04. The summed E-state index contributed by atoms with van der Waals surface area (Å²) >= 11 is 0. The third-order valence-electron chi connectivity index (χ3n) is 11.9. The van der Waals surface area contributed by atoms with E-state index in [0.717, 1.165) is 44.9 Å². The van der Waals surface area contributed by atoms with Crippen molar-refractivity contribution < 1.29 is 38.3 Å². The lowest BCUT2D eigenvalue weighted by Crippen LogP contribution is -2.54. The molecule has 0 aliphatic carbocycles. The van der Waals surface area contributed by atoms with E-state index in [4.69, 9.17) is 16.2 Å². The van der Waals surface area contributed by atoms with Crippen molar-refractivity contribution >= 4 is 70.5 Å². The number of hydrogen-bond acceptors (Lipinski definition) is 11. The van der Waals surface area contributed by atoms with Gasteiger partial charge in [0.2, 0.25) is 23.6 Å². The maximum Gasteiger partial charge on any atom is 0.312 e. The summed E-state index contributed by atoms with van der Waals surface area (Å²) in [6.07, 6.45) is 13.0. The van der Waals surface area contributed by atoms with Gasteiger partial charge in [0.15, 0.2) is 0 Å². The average molecular weight is 993 g/mol. The summed E-state index contributed by atoms with van der Waals surface area (Å²) in [5, 5.41) is 13.8. The molecule has 0 fully saturated rings. The number of unbranched alkanes of at least 4 members (excludes halogenated alkanes) is 3. The van der Waals surface area contributed by atoms with E-state index >= 15 is 0 Å². The van der Waals surface area contributed by atoms with E-state index in [2.05, 4.69) is 50.4 Å². The molecule has 0 saturated heterocycles. The summed E-state index contributed by atoms with van der Waals surface area (Å²) in [5.41, 5.74) is 15.8. The lowest BCUT2D eigenvalue weighted by Gasteiger charge is -2.25. The van der Waals surface area contributed by atoms with Gasteiger partial charge in [0.1, 0.15) is 24.5 Å². The molecule has 2 heterocycles. The smallest absolute Gasteiger partial charge is 0.312 e. The number of carbonyl (C=O) groups is 7. The molecule has 2 unspecified atom stereocenters. The number of aliphatic imine (C=N–C) groups is 1. The van der Waals surface area contributed by atoms with Crippen LogP contribution in [-0.2, 0) is 41.7 Å². The Labute approximate surface area is 424 Å². The Bertz CT molecular complexity index is 2380. The second-order valence-corrected chi connectivity index (χ2v) is 19.0. The third kappa shape index (κ3) is 19.9. The summed E-state index contributed by atoms with van der Waals surface area (Å²) < 4.78 is 5.53. The number of esters is 1. The molecule has 1 aromatic heterocycles. The second-order valence-electron chi connectivity index (χ2n) is 19.0. The highest BCUT2D eigenvalue weighted by molar-refractivity contribution is 6.08. The van der Waals surface area contributed by atoms with Crippen LogP contribution < -0.4 is 38.1 Å². The third-order valence-corrected chi connectivity index (χ3v) is 11.9. The summed E-state index contributed by atoms with van der Waals surface area (Å²) in [4.78, 5) is 101. The van der Waals surface area contributed by atoms with Gasteiger partial charge in [0.25, 0.3) is 5.91 Å². The van der Waals surface area contributed by atoms with Crippen LogP contribution in [0.3, 0.4) is 0 Å². The number of aromatic nitrogens is 1. The molecule has 1 aliphatic rings. The van der Waals surface area contributed by atoms with Gasteiger partial charge in [0, 0.05) is 67.5 Å². The quantitative estimate of drug-likeness (QED) is 0.0267. The van der Waals surface area contributed by atoms with E-state index in [0.29, 0.717) is 83.2 Å². The normalized spacial score (nSPS) is 12.8. The van der Waals surface area contributed by atoms with E-state index in [1.54, 1.807) is 60.8 Å². The molecule has 2 aromatic carbocycles. The Balaban J connectivity index is 1.28. The topological polar surface area (TPSA) is 269 Å². The number of fused-ring (bicyclic) bond motifs is 1. The predicted molar refractivity (Wildman–Crippen MR) is 281 cm³/mol. The lowest BCUT2D eigenvalue weighted by molar-refractivity contribution is -0.145. The first-order valence-corrected chi connectivity index (χ1v) is 25.4. The number of aryl methyl sites for hydroxylation is 1. The van der Waals surface area contributed by atoms with E-state index in [-0.39, 0.29) is 56.0 Å². The molecule has 2 atom stereocenters. The zero-order valence-electron chi connectivity index (χ0n) is 42.9. The van der Waals surface area contributed by atoms with E-state index in [1.807, 2.05) is 32.6 Å². The van der Waals surface area contributed by atoms with Crippen molar-refractivity contribution in [1.82, 2.24) is 25.8 Å². The van der Waals surface area contributed by atoms with E-state index in [9.17, 15) is 33.6 Å². The van der Waals surface area contributed by atoms with Crippen LogP contribution in [0.5, 0.6) is 0 Å². The molecule has 0 radical (unpaired) electrons. The van der Waals surface area contributed by atoms with Gasteiger partial charge in [-0.1, -0.05) is 85.4 Å². The number of ether oxygens (including phenoxy) is 1. The highest BCUT2D eigenvalue weighted by Gasteiger charge is 2.29. The summed E-state index contributed by atoms with van der Waals surface area (Å²) in [7, 11) is 0. The zero-order chi connectivity index (χ0) is 52.6. The van der Waals surface area contributed by atoms with Crippen molar-refractivity contribution in [2.75, 3.05) is 30.3 Å². The molecule has 0 bridgehead atoms. The van der Waals surface area contributed by atoms with Crippen LogP contribution in [0, 0.1) is 11.8 Å². The van der Waals surface area contributed by atoms with Gasteiger partial charge in [-0.15, -0.1) is 0 Å². The van der Waals surface area contributed by atoms with Gasteiger partial charge >= 0.3 is 12.0 Å². The first kappa shape index (κ1) is 57.5. The fourth-order valence-corrected chi connectivity index (χ4v) is 8.04. The number of urea groups is 1. The number of rotatable bonds is 29. The minimum absolute atomic E-state index is 0.0204. The number of primary amides is 1. The molecule has 18 heteroatoms. The van der Waals surface area contributed by atoms with Crippen LogP contribution >= 0.6 is 0 Å². The number of carbonyl (C=O) groups excluding carboxylic acids is 7. The number of nitrogens with two attached hydrogens (primary N) is 2. The Hall–Kier alpha value is -7.11. The molecule has 72 heavy (non-hydrogen) atoms. The highest BCUT2D eigenvalue weighted by Crippen LogP contribution is 2.29. The molecule has 9 N–H and O–H groups in total. The van der Waals surface area contributed by atoms with Crippen LogP contribution in [0.4, 0.5) is 21.9 Å². The maximum absolute atomic E-state index is 13.6. The number of nitrogens with zero attached hydrogens (tertiary/aromatic N) is 3. The van der Waals surface area contributed by atoms with Crippen molar-refractivity contribution in [2.45, 2.75) is 144 Å². The van der Waals surface area contributed by atoms with Crippen LogP contribution in [-0.4, -0.2) is 89.0 Å². The molecule has 18 nitrogen and oxygen atoms in total. The highest BCUT2D eigenvalue weighted by atomic mass is 16.5. The Morgan fingerprint density at radius 3 is 2.17 bits per heavy atom. The molecule has 0 saturated carbocycles. The minimum atomic E-state index is -0.993. The molecule has 390 valence electrons. The van der Waals surface area contributed by atoms with Crippen LogP contribution in [0.25, 0.3) is 6.08 Å². The number of nitrogens with one attached hydrogen (secondary N) is 5. The SMILES string of the molecule is CCCN(CCC)C(=O)C1=Cc2ccc(C(=O)Nc3cncc(CCC(=O)OCc4ccc(NC(=O)C(CCCNC(N)=O)NC(=O)C(NC(=O)CCCCCCC(C)C)C(C)C)cc4)c3)cc2N=C(N)C1. The Kier molecular flexibility index (Phi) is 23.9. The monoisotopic (exact) mass is 993 g/mol. The number of amides is 7. The van der Waals surface area contributed by atoms with Crippen LogP contribution in [0.2, 0.25) is 0 Å². The lowest BCUT2D eigenvalue weighted by atomic mass is 10.0. The molecule has 7 amide bonds. The first-order valence-electron chi connectivity index (χ1n) is 25.4. The first-order chi connectivity index (χ1) is 34.5. The largest absolute Gasteiger partial charge is 0.461 e. The van der Waals surface area contributed by atoms with Gasteiger partial charge in [-0.05, 0) is 97.9 Å². The predicted octanol–water partition coefficient (Wildman–Crippen LogP) is 7.44. The van der Waals surface area contributed by atoms with Crippen LogP contribution in [0.1, 0.15) is 146 Å². The summed E-state index contributed by atoms with van der Waals surface area (Å²) in [6.45, 7) is 13.6. The van der Waals surface area contributed by atoms with Crippen molar-refractivity contribution in [3.8, 4) is 0 Å².